The number of carbonyl (C=O) groups is 1. The number of amides is 1. The molecule has 0 aliphatic heterocycles. The second-order valence-corrected chi connectivity index (χ2v) is 7.78. The standard InChI is InChI=1S/C18H15F4IN2O3/c19-11-5-9(23)1-2-13(11)24-16-10(6-12(20)14(21)15(16)22)17(27)25-28-8-18(7-26)3-4-18/h1-2,5-6,24,26H,3-4,7-8H2,(H,25,27). The lowest BCUT2D eigenvalue weighted by Gasteiger charge is -2.16. The van der Waals surface area contributed by atoms with Crippen LogP contribution >= 0.6 is 22.6 Å². The van der Waals surface area contributed by atoms with Crippen LogP contribution in [0.15, 0.2) is 24.3 Å². The Bertz CT molecular complexity index is 922. The first-order valence-electron chi connectivity index (χ1n) is 8.19. The Hall–Kier alpha value is -1.92. The van der Waals surface area contributed by atoms with Gasteiger partial charge in [-0.05, 0) is 59.7 Å². The number of hydrogen-bond acceptors (Lipinski definition) is 4. The second kappa shape index (κ2) is 8.21. The van der Waals surface area contributed by atoms with E-state index in [-0.39, 0.29) is 18.9 Å². The monoisotopic (exact) mass is 510 g/mol. The van der Waals surface area contributed by atoms with Crippen molar-refractivity contribution in [1.29, 1.82) is 0 Å². The summed E-state index contributed by atoms with van der Waals surface area (Å²) in [6.45, 7) is -0.114. The van der Waals surface area contributed by atoms with Crippen LogP contribution in [0.4, 0.5) is 28.9 Å². The molecule has 2 aromatic carbocycles. The Morgan fingerprint density at radius 2 is 1.86 bits per heavy atom. The van der Waals surface area contributed by atoms with Crippen molar-refractivity contribution in [3.63, 3.8) is 0 Å². The number of anilines is 2. The highest BCUT2D eigenvalue weighted by atomic mass is 127. The van der Waals surface area contributed by atoms with Gasteiger partial charge in [-0.15, -0.1) is 0 Å². The van der Waals surface area contributed by atoms with Gasteiger partial charge in [0.25, 0.3) is 5.91 Å². The van der Waals surface area contributed by atoms with Crippen molar-refractivity contribution < 1.29 is 32.3 Å². The second-order valence-electron chi connectivity index (χ2n) is 6.54. The van der Waals surface area contributed by atoms with Gasteiger partial charge in [0.15, 0.2) is 17.5 Å². The Kier molecular flexibility index (Phi) is 6.10. The molecule has 0 atom stereocenters. The Morgan fingerprint density at radius 3 is 2.46 bits per heavy atom. The molecule has 0 unspecified atom stereocenters. The maximum absolute atomic E-state index is 14.3. The smallest absolute Gasteiger partial charge is 0.277 e. The van der Waals surface area contributed by atoms with Crippen LogP contribution in [0.2, 0.25) is 0 Å². The zero-order valence-corrected chi connectivity index (χ0v) is 16.4. The van der Waals surface area contributed by atoms with Crippen molar-refractivity contribution in [2.24, 2.45) is 5.41 Å². The highest BCUT2D eigenvalue weighted by molar-refractivity contribution is 14.1. The number of halogens is 5. The number of aliphatic hydroxyl groups excluding tert-OH is 1. The van der Waals surface area contributed by atoms with Gasteiger partial charge in [0.05, 0.1) is 30.2 Å². The predicted octanol–water partition coefficient (Wildman–Crippen LogP) is 4.03. The first-order chi connectivity index (χ1) is 13.3. The van der Waals surface area contributed by atoms with Crippen LogP contribution in [0.1, 0.15) is 23.2 Å². The van der Waals surface area contributed by atoms with Gasteiger partial charge >= 0.3 is 0 Å². The fraction of sp³-hybridized carbons (Fsp3) is 0.278. The number of hydroxylamine groups is 1. The van der Waals surface area contributed by atoms with Crippen molar-refractivity contribution in [2.75, 3.05) is 18.5 Å². The molecule has 0 aromatic heterocycles. The molecule has 0 spiro atoms. The molecule has 1 saturated carbocycles. The van der Waals surface area contributed by atoms with Crippen LogP contribution in [0, 0.1) is 32.3 Å². The zero-order valence-electron chi connectivity index (χ0n) is 14.3. The summed E-state index contributed by atoms with van der Waals surface area (Å²) in [6, 6.07) is 4.42. The van der Waals surface area contributed by atoms with Crippen LogP contribution in [0.3, 0.4) is 0 Å². The molecule has 3 rings (SSSR count). The summed E-state index contributed by atoms with van der Waals surface area (Å²) in [5.41, 5.74) is 0.0142. The summed E-state index contributed by atoms with van der Waals surface area (Å²) >= 11 is 1.87. The van der Waals surface area contributed by atoms with Gasteiger partial charge in [-0.1, -0.05) is 0 Å². The van der Waals surface area contributed by atoms with E-state index >= 15 is 0 Å². The van der Waals surface area contributed by atoms with E-state index in [1.165, 1.54) is 12.1 Å². The molecule has 0 bridgehead atoms. The lowest BCUT2D eigenvalue weighted by Crippen LogP contribution is -2.29. The van der Waals surface area contributed by atoms with Crippen LogP contribution < -0.4 is 10.8 Å². The Labute approximate surface area is 171 Å². The minimum Gasteiger partial charge on any atom is -0.396 e. The van der Waals surface area contributed by atoms with E-state index < -0.39 is 45.8 Å². The molecule has 1 aliphatic carbocycles. The summed E-state index contributed by atoms with van der Waals surface area (Å²) < 4.78 is 56.3. The molecule has 10 heteroatoms. The average Bonchev–Trinajstić information content (AvgIpc) is 3.44. The fourth-order valence-corrected chi connectivity index (χ4v) is 2.91. The van der Waals surface area contributed by atoms with Crippen molar-refractivity contribution in [1.82, 2.24) is 5.48 Å². The van der Waals surface area contributed by atoms with Crippen molar-refractivity contribution in [2.45, 2.75) is 12.8 Å². The number of benzene rings is 2. The van der Waals surface area contributed by atoms with E-state index in [0.29, 0.717) is 9.64 Å². The minimum absolute atomic E-state index is 0.00983. The molecule has 0 saturated heterocycles. The van der Waals surface area contributed by atoms with Crippen molar-refractivity contribution in [3.8, 4) is 0 Å². The molecule has 1 fully saturated rings. The first kappa shape index (κ1) is 20.8. The highest BCUT2D eigenvalue weighted by Gasteiger charge is 2.42. The van der Waals surface area contributed by atoms with Gasteiger partial charge in [0.2, 0.25) is 0 Å². The van der Waals surface area contributed by atoms with Gasteiger partial charge in [-0.2, -0.15) is 0 Å². The molecule has 1 aliphatic rings. The first-order valence-corrected chi connectivity index (χ1v) is 9.27. The van der Waals surface area contributed by atoms with Gasteiger partial charge < -0.3 is 10.4 Å². The van der Waals surface area contributed by atoms with E-state index in [9.17, 15) is 27.5 Å². The number of hydrogen-bond donors (Lipinski definition) is 3. The minimum atomic E-state index is -1.80. The normalized spacial score (nSPS) is 14.6. The van der Waals surface area contributed by atoms with Gasteiger partial charge in [-0.25, -0.2) is 23.0 Å². The zero-order chi connectivity index (χ0) is 20.5. The molecule has 28 heavy (non-hydrogen) atoms. The predicted molar refractivity (Wildman–Crippen MR) is 101 cm³/mol. The maximum Gasteiger partial charge on any atom is 0.277 e. The third-order valence-electron chi connectivity index (χ3n) is 4.43. The summed E-state index contributed by atoms with van der Waals surface area (Å²) in [7, 11) is 0. The largest absolute Gasteiger partial charge is 0.396 e. The SMILES string of the molecule is O=C(NOCC1(CO)CC1)c1cc(F)c(F)c(F)c1Nc1ccc(I)cc1F. The molecule has 2 aromatic rings. The molecule has 150 valence electrons. The molecule has 0 radical (unpaired) electrons. The summed E-state index contributed by atoms with van der Waals surface area (Å²) in [5, 5.41) is 11.5. The molecule has 0 heterocycles. The molecule has 1 amide bonds. The van der Waals surface area contributed by atoms with Gasteiger partial charge in [0.1, 0.15) is 5.82 Å². The maximum atomic E-state index is 14.3. The van der Waals surface area contributed by atoms with E-state index in [2.05, 4.69) is 5.32 Å². The number of aliphatic hydroxyl groups is 1. The molecular formula is C18H15F4IN2O3. The number of rotatable bonds is 7. The topological polar surface area (TPSA) is 70.6 Å². The van der Waals surface area contributed by atoms with Crippen LogP contribution in [0.5, 0.6) is 0 Å². The third-order valence-corrected chi connectivity index (χ3v) is 5.10. The van der Waals surface area contributed by atoms with Gasteiger partial charge in [0, 0.05) is 8.99 Å². The van der Waals surface area contributed by atoms with E-state index in [0.717, 1.165) is 18.9 Å². The van der Waals surface area contributed by atoms with E-state index in [1.807, 2.05) is 28.1 Å². The summed E-state index contributed by atoms with van der Waals surface area (Å²) in [4.78, 5) is 17.3. The molecular weight excluding hydrogens is 495 g/mol. The fourth-order valence-electron chi connectivity index (χ4n) is 2.46. The summed E-state index contributed by atoms with van der Waals surface area (Å²) in [6.07, 6.45) is 1.44. The van der Waals surface area contributed by atoms with Crippen molar-refractivity contribution >= 4 is 39.9 Å². The Morgan fingerprint density at radius 1 is 1.14 bits per heavy atom. The van der Waals surface area contributed by atoms with Crippen LogP contribution in [-0.2, 0) is 4.84 Å². The van der Waals surface area contributed by atoms with Crippen molar-refractivity contribution in [3.05, 3.63) is 56.7 Å². The quantitative estimate of drug-likeness (QED) is 0.228. The van der Waals surface area contributed by atoms with E-state index in [1.54, 1.807) is 0 Å². The highest BCUT2D eigenvalue weighted by Crippen LogP contribution is 2.44. The lowest BCUT2D eigenvalue weighted by molar-refractivity contribution is -0.0000636. The average molecular weight is 510 g/mol. The lowest BCUT2D eigenvalue weighted by atomic mass is 10.1. The van der Waals surface area contributed by atoms with Gasteiger partial charge in [-0.3, -0.25) is 9.63 Å². The van der Waals surface area contributed by atoms with Crippen LogP contribution in [-0.4, -0.2) is 24.2 Å². The molecule has 5 nitrogen and oxygen atoms in total. The molecule has 3 N–H and O–H groups in total. The van der Waals surface area contributed by atoms with Crippen LogP contribution in [0.25, 0.3) is 0 Å². The van der Waals surface area contributed by atoms with E-state index in [4.69, 9.17) is 4.84 Å². The summed E-state index contributed by atoms with van der Waals surface area (Å²) in [5.74, 6) is -6.87. The number of carbonyl (C=O) groups excluding carboxylic acids is 1. The third kappa shape index (κ3) is 4.39. The number of nitrogens with one attached hydrogen (secondary N) is 2. The Balaban J connectivity index is 1.86.